The number of aromatic nitrogens is 3. The van der Waals surface area contributed by atoms with E-state index in [4.69, 9.17) is 0 Å². The van der Waals surface area contributed by atoms with Gasteiger partial charge < -0.3 is 15.7 Å². The fraction of sp³-hybridized carbons (Fsp3) is 0.643. The third kappa shape index (κ3) is 3.68. The zero-order valence-corrected chi connectivity index (χ0v) is 12.9. The summed E-state index contributed by atoms with van der Waals surface area (Å²) in [6, 6.07) is 0.0933. The van der Waals surface area contributed by atoms with Crippen LogP contribution in [0.5, 0.6) is 0 Å². The highest BCUT2D eigenvalue weighted by molar-refractivity contribution is 5.65. The van der Waals surface area contributed by atoms with E-state index in [0.29, 0.717) is 18.4 Å². The van der Waals surface area contributed by atoms with E-state index >= 15 is 0 Å². The number of hydrogen-bond donors (Lipinski definition) is 3. The maximum Gasteiger partial charge on any atom is 0.228 e. The Hall–Kier alpha value is -1.83. The zero-order chi connectivity index (χ0) is 16.3. The molecule has 122 valence electrons. The molecule has 0 saturated carbocycles. The zero-order valence-electron chi connectivity index (χ0n) is 12.9. The molecule has 6 nitrogen and oxygen atoms in total. The van der Waals surface area contributed by atoms with Crippen molar-refractivity contribution in [2.24, 2.45) is 0 Å². The van der Waals surface area contributed by atoms with Crippen LogP contribution in [0.2, 0.25) is 0 Å². The number of nitrogens with zero attached hydrogens (tertiary/aromatic N) is 3. The summed E-state index contributed by atoms with van der Waals surface area (Å²) >= 11 is 0. The molecule has 0 saturated heterocycles. The van der Waals surface area contributed by atoms with Crippen LogP contribution in [0.25, 0.3) is 5.57 Å². The minimum atomic E-state index is -1.75. The molecule has 2 atom stereocenters. The summed E-state index contributed by atoms with van der Waals surface area (Å²) < 4.78 is 27.5. The Kier molecular flexibility index (Phi) is 5.23. The van der Waals surface area contributed by atoms with Gasteiger partial charge in [0.2, 0.25) is 11.9 Å². The largest absolute Gasteiger partial charge is 0.383 e. The van der Waals surface area contributed by atoms with Crippen molar-refractivity contribution in [1.29, 1.82) is 0 Å². The summed E-state index contributed by atoms with van der Waals surface area (Å²) in [6.45, 7) is 6.33. The van der Waals surface area contributed by atoms with Crippen LogP contribution in [0.3, 0.4) is 0 Å². The molecule has 0 aromatic carbocycles. The molecule has 1 aliphatic carbocycles. The van der Waals surface area contributed by atoms with Gasteiger partial charge in [-0.05, 0) is 33.6 Å². The molecule has 1 aliphatic rings. The molecule has 0 aliphatic heterocycles. The second-order valence-electron chi connectivity index (χ2n) is 5.46. The summed E-state index contributed by atoms with van der Waals surface area (Å²) in [4.78, 5) is 12.5. The van der Waals surface area contributed by atoms with Crippen molar-refractivity contribution in [3.05, 3.63) is 11.7 Å². The molecule has 1 aromatic heterocycles. The fourth-order valence-electron chi connectivity index (χ4n) is 2.19. The highest BCUT2D eigenvalue weighted by Gasteiger charge is 2.32. The van der Waals surface area contributed by atoms with E-state index in [9.17, 15) is 13.9 Å². The lowest BCUT2D eigenvalue weighted by Crippen LogP contribution is -2.27. The number of anilines is 2. The van der Waals surface area contributed by atoms with Crippen LogP contribution < -0.4 is 10.6 Å². The van der Waals surface area contributed by atoms with Crippen LogP contribution in [0, 0.1) is 0 Å². The van der Waals surface area contributed by atoms with Gasteiger partial charge >= 0.3 is 0 Å². The Morgan fingerprint density at radius 1 is 1.27 bits per heavy atom. The number of hydrogen-bond acceptors (Lipinski definition) is 6. The van der Waals surface area contributed by atoms with Crippen LogP contribution in [-0.4, -0.2) is 44.9 Å². The van der Waals surface area contributed by atoms with Gasteiger partial charge in [0.1, 0.15) is 18.1 Å². The standard InChI is InChI=1S/C14H21F2N5O/c1-4-17-13-19-12(20-14(21-13)18-7(2)3)8-5-6-9(15)11(22)10(8)16/h7,9,11,22H,4-6H2,1-3H3,(H2,17,18,19,20,21). The third-order valence-corrected chi connectivity index (χ3v) is 3.22. The quantitative estimate of drug-likeness (QED) is 0.774. The number of rotatable bonds is 5. The van der Waals surface area contributed by atoms with E-state index in [-0.39, 0.29) is 30.3 Å². The smallest absolute Gasteiger partial charge is 0.228 e. The first kappa shape index (κ1) is 16.5. The van der Waals surface area contributed by atoms with E-state index in [2.05, 4.69) is 25.6 Å². The molecule has 1 heterocycles. The first-order valence-electron chi connectivity index (χ1n) is 7.39. The van der Waals surface area contributed by atoms with Gasteiger partial charge in [0.05, 0.1) is 0 Å². The van der Waals surface area contributed by atoms with E-state index in [1.165, 1.54) is 0 Å². The number of allylic oxidation sites excluding steroid dienone is 1. The maximum absolute atomic E-state index is 14.1. The number of alkyl halides is 1. The number of aliphatic hydroxyl groups is 1. The van der Waals surface area contributed by atoms with Gasteiger partial charge in [-0.3, -0.25) is 0 Å². The summed E-state index contributed by atoms with van der Waals surface area (Å²) in [5.74, 6) is -0.152. The Morgan fingerprint density at radius 2 is 1.95 bits per heavy atom. The van der Waals surface area contributed by atoms with Crippen molar-refractivity contribution in [2.75, 3.05) is 17.2 Å². The lowest BCUT2D eigenvalue weighted by Gasteiger charge is -2.23. The predicted molar refractivity (Wildman–Crippen MR) is 80.9 cm³/mol. The van der Waals surface area contributed by atoms with Gasteiger partial charge in [0, 0.05) is 18.2 Å². The van der Waals surface area contributed by atoms with Crippen LogP contribution in [0.15, 0.2) is 5.83 Å². The summed E-state index contributed by atoms with van der Waals surface area (Å²) in [5.41, 5.74) is 0.134. The lowest BCUT2D eigenvalue weighted by atomic mass is 9.94. The van der Waals surface area contributed by atoms with Crippen molar-refractivity contribution in [1.82, 2.24) is 15.0 Å². The van der Waals surface area contributed by atoms with E-state index in [0.717, 1.165) is 0 Å². The molecule has 2 unspecified atom stereocenters. The maximum atomic E-state index is 14.1. The molecule has 2 rings (SSSR count). The van der Waals surface area contributed by atoms with E-state index in [1.807, 2.05) is 20.8 Å². The van der Waals surface area contributed by atoms with Crippen molar-refractivity contribution < 1.29 is 13.9 Å². The lowest BCUT2D eigenvalue weighted by molar-refractivity contribution is 0.0777. The summed E-state index contributed by atoms with van der Waals surface area (Å²) in [6.07, 6.45) is -3.16. The minimum Gasteiger partial charge on any atom is -0.383 e. The van der Waals surface area contributed by atoms with Crippen molar-refractivity contribution >= 4 is 17.5 Å². The van der Waals surface area contributed by atoms with E-state index < -0.39 is 18.1 Å². The molecule has 0 radical (unpaired) electrons. The van der Waals surface area contributed by atoms with Crippen LogP contribution in [-0.2, 0) is 0 Å². The van der Waals surface area contributed by atoms with Crippen LogP contribution in [0.1, 0.15) is 39.4 Å². The first-order chi connectivity index (χ1) is 10.4. The molecular weight excluding hydrogens is 292 g/mol. The number of halogens is 2. The highest BCUT2D eigenvalue weighted by Crippen LogP contribution is 2.33. The monoisotopic (exact) mass is 313 g/mol. The summed E-state index contributed by atoms with van der Waals surface area (Å²) in [5, 5.41) is 15.5. The average molecular weight is 313 g/mol. The average Bonchev–Trinajstić information content (AvgIpc) is 2.44. The van der Waals surface area contributed by atoms with Gasteiger partial charge in [-0.15, -0.1) is 0 Å². The second kappa shape index (κ2) is 6.95. The van der Waals surface area contributed by atoms with Crippen LogP contribution >= 0.6 is 0 Å². The Morgan fingerprint density at radius 3 is 2.59 bits per heavy atom. The molecule has 0 amide bonds. The SMILES string of the molecule is CCNc1nc(NC(C)C)nc(C2=C(F)C(O)C(F)CC2)n1. The van der Waals surface area contributed by atoms with Crippen LogP contribution in [0.4, 0.5) is 20.7 Å². The minimum absolute atomic E-state index is 0.0408. The van der Waals surface area contributed by atoms with Gasteiger partial charge in [-0.1, -0.05) is 0 Å². The molecule has 22 heavy (non-hydrogen) atoms. The topological polar surface area (TPSA) is 83.0 Å². The fourth-order valence-corrected chi connectivity index (χ4v) is 2.19. The predicted octanol–water partition coefficient (Wildman–Crippen LogP) is 2.30. The molecule has 0 bridgehead atoms. The van der Waals surface area contributed by atoms with Gasteiger partial charge in [-0.2, -0.15) is 15.0 Å². The Balaban J connectivity index is 2.42. The van der Waals surface area contributed by atoms with Gasteiger partial charge in [-0.25, -0.2) is 8.78 Å². The normalized spacial score (nSPS) is 22.1. The Labute approximate surface area is 128 Å². The van der Waals surface area contributed by atoms with Crippen molar-refractivity contribution in [3.8, 4) is 0 Å². The van der Waals surface area contributed by atoms with Gasteiger partial charge in [0.25, 0.3) is 0 Å². The molecule has 1 aromatic rings. The highest BCUT2D eigenvalue weighted by atomic mass is 19.1. The van der Waals surface area contributed by atoms with E-state index in [1.54, 1.807) is 0 Å². The molecule has 8 heteroatoms. The summed E-state index contributed by atoms with van der Waals surface area (Å²) in [7, 11) is 0. The Bertz CT molecular complexity index is 564. The van der Waals surface area contributed by atoms with Crippen molar-refractivity contribution in [3.63, 3.8) is 0 Å². The number of aliphatic hydroxyl groups excluding tert-OH is 1. The molecule has 3 N–H and O–H groups in total. The molecular formula is C14H21F2N5O. The molecule has 0 fully saturated rings. The van der Waals surface area contributed by atoms with Gasteiger partial charge in [0.15, 0.2) is 5.82 Å². The number of nitrogens with one attached hydrogen (secondary N) is 2. The second-order valence-corrected chi connectivity index (χ2v) is 5.46. The molecule has 0 spiro atoms. The first-order valence-corrected chi connectivity index (χ1v) is 7.39. The third-order valence-electron chi connectivity index (χ3n) is 3.22. The van der Waals surface area contributed by atoms with Crippen molar-refractivity contribution in [2.45, 2.75) is 51.9 Å².